The van der Waals surface area contributed by atoms with Crippen LogP contribution in [0.4, 0.5) is 0 Å². The molecule has 1 aliphatic heterocycles. The van der Waals surface area contributed by atoms with Gasteiger partial charge in [-0.1, -0.05) is 55.4 Å². The first-order valence-electron chi connectivity index (χ1n) is 26.5. The molecule has 412 valence electrons. The molecule has 0 radical (unpaired) electrons. The lowest BCUT2D eigenvalue weighted by molar-refractivity contribution is 0.00578. The van der Waals surface area contributed by atoms with Gasteiger partial charge in [0.2, 0.25) is 10.9 Å². The highest BCUT2D eigenvalue weighted by atomic mass is 127. The van der Waals surface area contributed by atoms with E-state index in [1.807, 2.05) is 68.9 Å². The first kappa shape index (κ1) is 63.3. The Bertz CT molecular complexity index is 2710. The van der Waals surface area contributed by atoms with Crippen LogP contribution in [0.5, 0.6) is 0 Å². The lowest BCUT2D eigenvalue weighted by atomic mass is 9.74. The smallest absolute Gasteiger partial charge is 0.462 e. The monoisotopic (exact) mass is 1170 g/mol. The Kier molecular flexibility index (Phi) is 21.8. The van der Waals surface area contributed by atoms with Crippen LogP contribution in [-0.4, -0.2) is 109 Å². The van der Waals surface area contributed by atoms with Crippen molar-refractivity contribution in [3.63, 3.8) is 0 Å². The van der Waals surface area contributed by atoms with E-state index in [2.05, 4.69) is 110 Å². The number of fused-ring (bicyclic) bond motifs is 2. The van der Waals surface area contributed by atoms with Gasteiger partial charge in [0.05, 0.1) is 74.0 Å². The van der Waals surface area contributed by atoms with Crippen LogP contribution in [0.25, 0.3) is 21.8 Å². The highest BCUT2D eigenvalue weighted by Gasteiger charge is 2.52. The van der Waals surface area contributed by atoms with Crippen molar-refractivity contribution in [2.24, 2.45) is 0 Å². The van der Waals surface area contributed by atoms with Gasteiger partial charge in [0.25, 0.3) is 0 Å². The summed E-state index contributed by atoms with van der Waals surface area (Å²) >= 11 is 2.25. The van der Waals surface area contributed by atoms with E-state index in [-0.39, 0.29) is 57.4 Å². The number of aromatic nitrogens is 2. The first-order valence-corrected chi connectivity index (χ1v) is 33.4. The lowest BCUT2D eigenvalue weighted by Crippen LogP contribution is -2.42. The van der Waals surface area contributed by atoms with Crippen molar-refractivity contribution >= 4 is 85.6 Å². The third-order valence-electron chi connectivity index (χ3n) is 15.5. The predicted molar refractivity (Wildman–Crippen MR) is 313 cm³/mol. The summed E-state index contributed by atoms with van der Waals surface area (Å²) in [5.74, 6) is -1.25. The van der Waals surface area contributed by atoms with E-state index >= 15 is 0 Å². The standard InChI is InChI=1S/C31H50BNO7Si.C25H38INO5Si/c1-13-21-16-26-23(17-25(21)32-39-30(7,8)31(9,10)40-32)27(34)24(28(35)37-15-3)18-33(26)22(19-36-14-2)20-38-41(11,12)29(4,5)6;1-9-17-12-22-19(13-21(17)26)23(28)20(24(29)31-11-3)14-27(22)18(15-30-10-2)16-32-33(7,8)25(4,5)6/h16-18,22H,13-15,19-20H2,1-12H3;12-14,18H,9-11,15-16H2,1-8H3/t22-;18-/m00/s1. The third-order valence-corrected chi connectivity index (χ3v) is 25.5. The average molecular weight is 1180 g/mol. The Morgan fingerprint density at radius 3 is 1.34 bits per heavy atom. The number of esters is 2. The summed E-state index contributed by atoms with van der Waals surface area (Å²) in [5.41, 5.74) is 2.73. The van der Waals surface area contributed by atoms with Crippen LogP contribution in [0.15, 0.2) is 46.2 Å². The maximum absolute atomic E-state index is 13.9. The van der Waals surface area contributed by atoms with Crippen molar-refractivity contribution in [1.82, 2.24) is 9.13 Å². The maximum atomic E-state index is 13.9. The second kappa shape index (κ2) is 25.5. The summed E-state index contributed by atoms with van der Waals surface area (Å²) in [4.78, 5) is 52.8. The second-order valence-electron chi connectivity index (χ2n) is 23.1. The molecule has 14 nitrogen and oxygen atoms in total. The van der Waals surface area contributed by atoms with E-state index < -0.39 is 46.9 Å². The Balaban J connectivity index is 0.000000328. The number of carbonyl (C=O) groups excluding carboxylic acids is 2. The molecule has 2 atom stereocenters. The number of nitrogens with zero attached hydrogens (tertiary/aromatic N) is 2. The molecule has 3 heterocycles. The molecule has 0 spiro atoms. The van der Waals surface area contributed by atoms with Crippen LogP contribution in [0.1, 0.15) is 155 Å². The number of ether oxygens (including phenoxy) is 4. The molecule has 1 aliphatic rings. The Morgan fingerprint density at radius 2 is 0.986 bits per heavy atom. The molecular weight excluding hydrogens is 1090 g/mol. The van der Waals surface area contributed by atoms with Gasteiger partial charge < -0.3 is 46.2 Å². The fourth-order valence-electron chi connectivity index (χ4n) is 7.92. The summed E-state index contributed by atoms with van der Waals surface area (Å²) in [6, 6.07) is 7.33. The van der Waals surface area contributed by atoms with Gasteiger partial charge in [-0.05, 0) is 168 Å². The molecule has 0 unspecified atom stereocenters. The van der Waals surface area contributed by atoms with Gasteiger partial charge in [-0.3, -0.25) is 9.59 Å². The molecule has 0 aliphatic carbocycles. The number of hydrogen-bond acceptors (Lipinski definition) is 12. The second-order valence-corrected chi connectivity index (χ2v) is 33.9. The number of benzene rings is 2. The minimum atomic E-state index is -2.09. The van der Waals surface area contributed by atoms with Crippen LogP contribution in [0.3, 0.4) is 0 Å². The van der Waals surface area contributed by atoms with E-state index in [0.29, 0.717) is 62.4 Å². The Morgan fingerprint density at radius 1 is 0.608 bits per heavy atom. The van der Waals surface area contributed by atoms with Crippen molar-refractivity contribution < 1.29 is 46.7 Å². The van der Waals surface area contributed by atoms with Gasteiger partial charge in [-0.25, -0.2) is 9.59 Å². The van der Waals surface area contributed by atoms with Crippen molar-refractivity contribution in [3.8, 4) is 0 Å². The minimum Gasteiger partial charge on any atom is -0.462 e. The molecule has 1 saturated heterocycles. The third kappa shape index (κ3) is 14.5. The number of hydrogen-bond donors (Lipinski definition) is 0. The van der Waals surface area contributed by atoms with E-state index in [1.165, 1.54) is 0 Å². The molecule has 2 aromatic heterocycles. The van der Waals surface area contributed by atoms with E-state index in [4.69, 9.17) is 37.1 Å². The van der Waals surface area contributed by atoms with Crippen LogP contribution in [-0.2, 0) is 49.9 Å². The molecule has 1 fully saturated rings. The van der Waals surface area contributed by atoms with Gasteiger partial charge in [0, 0.05) is 40.0 Å². The van der Waals surface area contributed by atoms with Gasteiger partial charge >= 0.3 is 19.1 Å². The quantitative estimate of drug-likeness (QED) is 0.0443. The normalized spacial score (nSPS) is 15.8. The Labute approximate surface area is 457 Å². The first-order chi connectivity index (χ1) is 34.3. The summed E-state index contributed by atoms with van der Waals surface area (Å²) < 4.78 is 53.2. The number of halogens is 1. The zero-order valence-corrected chi connectivity index (χ0v) is 52.6. The van der Waals surface area contributed by atoms with Crippen LogP contribution >= 0.6 is 22.6 Å². The Hall–Kier alpha value is -3.21. The van der Waals surface area contributed by atoms with E-state index in [1.54, 1.807) is 26.2 Å². The van der Waals surface area contributed by atoms with Crippen LogP contribution < -0.4 is 16.3 Å². The fourth-order valence-corrected chi connectivity index (χ4v) is 10.8. The average Bonchev–Trinajstić information content (AvgIpc) is 3.53. The topological polar surface area (TPSA) is 152 Å². The number of rotatable bonds is 21. The summed E-state index contributed by atoms with van der Waals surface area (Å²) in [7, 11) is -4.75. The van der Waals surface area contributed by atoms with Crippen molar-refractivity contribution in [2.75, 3.05) is 52.9 Å². The molecule has 0 amide bonds. The molecular formula is C56H88BIN2O12Si2. The predicted octanol–water partition coefficient (Wildman–Crippen LogP) is 11.6. The van der Waals surface area contributed by atoms with Crippen molar-refractivity contribution in [2.45, 2.75) is 183 Å². The highest BCUT2D eigenvalue weighted by molar-refractivity contribution is 14.1. The number of carbonyl (C=O) groups is 2. The van der Waals surface area contributed by atoms with Crippen molar-refractivity contribution in [1.29, 1.82) is 0 Å². The summed E-state index contributed by atoms with van der Waals surface area (Å²) in [5, 5.41) is 1.01. The molecule has 0 N–H and O–H groups in total. The van der Waals surface area contributed by atoms with Crippen molar-refractivity contribution in [3.05, 3.63) is 82.9 Å². The minimum absolute atomic E-state index is 0.0164. The number of pyridine rings is 2. The lowest BCUT2D eigenvalue weighted by Gasteiger charge is -2.37. The zero-order valence-electron chi connectivity index (χ0n) is 48.4. The van der Waals surface area contributed by atoms with Gasteiger partial charge in [-0.15, -0.1) is 0 Å². The van der Waals surface area contributed by atoms with Gasteiger partial charge in [0.15, 0.2) is 16.6 Å². The van der Waals surface area contributed by atoms with Gasteiger partial charge in [0.1, 0.15) is 11.1 Å². The molecule has 18 heteroatoms. The van der Waals surface area contributed by atoms with Crippen LogP contribution in [0.2, 0.25) is 36.3 Å². The fraction of sp³-hybridized carbons (Fsp3) is 0.643. The molecule has 0 bridgehead atoms. The van der Waals surface area contributed by atoms with Gasteiger partial charge in [-0.2, -0.15) is 0 Å². The number of aryl methyl sites for hydroxylation is 2. The SMILES string of the molecule is CCOC[C@@H](CO[Si](C)(C)C(C)(C)C)n1cc(C(=O)OCC)c(=O)c2cc(B3OC(C)(C)C(C)(C)O3)c(CC)cc21.CCOC[C@@H](CO[Si](C)(C)C(C)(C)C)n1cc(C(=O)OCC)c(=O)c2cc(I)c(CC)cc21. The van der Waals surface area contributed by atoms with E-state index in [0.717, 1.165) is 32.1 Å². The molecule has 0 saturated carbocycles. The highest BCUT2D eigenvalue weighted by Crippen LogP contribution is 2.40. The molecule has 4 aromatic rings. The van der Waals surface area contributed by atoms with Crippen LogP contribution in [0, 0.1) is 3.57 Å². The maximum Gasteiger partial charge on any atom is 0.495 e. The zero-order chi connectivity index (χ0) is 55.9. The molecule has 74 heavy (non-hydrogen) atoms. The summed E-state index contributed by atoms with van der Waals surface area (Å²) in [6.07, 6.45) is 4.81. The van der Waals surface area contributed by atoms with E-state index in [9.17, 15) is 19.2 Å². The summed E-state index contributed by atoms with van der Waals surface area (Å²) in [6.45, 7) is 44.7. The largest absolute Gasteiger partial charge is 0.495 e. The molecule has 2 aromatic carbocycles. The molecule has 5 rings (SSSR count).